The van der Waals surface area contributed by atoms with Gasteiger partial charge in [0.2, 0.25) is 5.75 Å². The number of hydrogen-bond donors (Lipinski definition) is 1. The summed E-state index contributed by atoms with van der Waals surface area (Å²) in [6.07, 6.45) is 1.67. The molecule has 2 aromatic carbocycles. The molecule has 156 valence electrons. The molecule has 0 spiro atoms. The molecule has 0 saturated carbocycles. The number of nitrogens with zero attached hydrogens (tertiary/aromatic N) is 1. The van der Waals surface area contributed by atoms with Crippen LogP contribution in [0.1, 0.15) is 18.1 Å². The maximum absolute atomic E-state index is 12.2. The molecule has 1 amide bonds. The molecule has 0 saturated heterocycles. The highest BCUT2D eigenvalue weighted by Crippen LogP contribution is 2.38. The predicted molar refractivity (Wildman–Crippen MR) is 110 cm³/mol. The molecular weight excluding hydrogens is 388 g/mol. The average Bonchev–Trinajstić information content (AvgIpc) is 2.76. The highest BCUT2D eigenvalue weighted by atomic mass is 16.5. The Labute approximate surface area is 174 Å². The van der Waals surface area contributed by atoms with Gasteiger partial charge in [-0.1, -0.05) is 6.07 Å². The zero-order valence-corrected chi connectivity index (χ0v) is 17.1. The largest absolute Gasteiger partial charge is 0.493 e. The van der Waals surface area contributed by atoms with Gasteiger partial charge in [-0.25, -0.2) is 4.79 Å². The van der Waals surface area contributed by atoms with Crippen LogP contribution in [0.4, 0.5) is 5.69 Å². The van der Waals surface area contributed by atoms with Crippen molar-refractivity contribution in [1.29, 1.82) is 5.26 Å². The fourth-order valence-corrected chi connectivity index (χ4v) is 2.54. The first-order valence-electron chi connectivity index (χ1n) is 8.91. The van der Waals surface area contributed by atoms with E-state index >= 15 is 0 Å². The highest BCUT2D eigenvalue weighted by Gasteiger charge is 2.17. The van der Waals surface area contributed by atoms with E-state index in [-0.39, 0.29) is 0 Å². The number of nitriles is 1. The van der Waals surface area contributed by atoms with E-state index in [0.29, 0.717) is 34.1 Å². The van der Waals surface area contributed by atoms with Gasteiger partial charge in [0.05, 0.1) is 33.0 Å². The van der Waals surface area contributed by atoms with Crippen LogP contribution in [-0.4, -0.2) is 39.3 Å². The molecule has 1 N–H and O–H groups in total. The normalized spacial score (nSPS) is 11.3. The van der Waals surface area contributed by atoms with Crippen LogP contribution in [-0.2, 0) is 14.3 Å². The van der Waals surface area contributed by atoms with Crippen LogP contribution in [0.5, 0.6) is 17.2 Å². The van der Waals surface area contributed by atoms with Crippen LogP contribution in [0.25, 0.3) is 6.08 Å². The third-order valence-corrected chi connectivity index (χ3v) is 4.02. The summed E-state index contributed by atoms with van der Waals surface area (Å²) in [7, 11) is 4.48. The predicted octanol–water partition coefficient (Wildman–Crippen LogP) is 3.17. The molecule has 0 fully saturated rings. The lowest BCUT2D eigenvalue weighted by Gasteiger charge is -2.13. The maximum atomic E-state index is 12.2. The van der Waals surface area contributed by atoms with Gasteiger partial charge in [-0.05, 0) is 48.9 Å². The molecule has 0 aliphatic heterocycles. The summed E-state index contributed by atoms with van der Waals surface area (Å²) in [5, 5.41) is 11.5. The van der Waals surface area contributed by atoms with Crippen LogP contribution in [0.2, 0.25) is 0 Å². The number of nitrogens with one attached hydrogen (secondary N) is 1. The molecule has 0 aliphatic rings. The number of carbonyl (C=O) groups is 2. The molecule has 0 aromatic heterocycles. The van der Waals surface area contributed by atoms with E-state index in [4.69, 9.17) is 24.2 Å². The SMILES string of the molecule is COc1cc(/C=C/C(=O)O[C@@H](C)C(=O)Nc2cccc(C#N)c2)cc(OC)c1OC. The lowest BCUT2D eigenvalue weighted by molar-refractivity contribution is -0.148. The zero-order valence-electron chi connectivity index (χ0n) is 17.1. The molecule has 0 heterocycles. The van der Waals surface area contributed by atoms with Gasteiger partial charge in [0.25, 0.3) is 5.91 Å². The van der Waals surface area contributed by atoms with Gasteiger partial charge >= 0.3 is 5.97 Å². The summed E-state index contributed by atoms with van der Waals surface area (Å²) in [4.78, 5) is 24.3. The maximum Gasteiger partial charge on any atom is 0.331 e. The molecular formula is C22H22N2O6. The Morgan fingerprint density at radius 1 is 1.07 bits per heavy atom. The van der Waals surface area contributed by atoms with Gasteiger partial charge < -0.3 is 24.3 Å². The lowest BCUT2D eigenvalue weighted by Crippen LogP contribution is -2.29. The van der Waals surface area contributed by atoms with Crippen LogP contribution in [0, 0.1) is 11.3 Å². The van der Waals surface area contributed by atoms with E-state index in [1.165, 1.54) is 46.5 Å². The minimum atomic E-state index is -1.03. The quantitative estimate of drug-likeness (QED) is 0.526. The summed E-state index contributed by atoms with van der Waals surface area (Å²) in [6, 6.07) is 11.7. The summed E-state index contributed by atoms with van der Waals surface area (Å²) in [5.74, 6) is 0.108. The van der Waals surface area contributed by atoms with Crippen molar-refractivity contribution in [3.63, 3.8) is 0 Å². The lowest BCUT2D eigenvalue weighted by atomic mass is 10.1. The number of ether oxygens (including phenoxy) is 4. The topological polar surface area (TPSA) is 107 Å². The van der Waals surface area contributed by atoms with Crippen molar-refractivity contribution in [2.24, 2.45) is 0 Å². The van der Waals surface area contributed by atoms with Crippen LogP contribution < -0.4 is 19.5 Å². The Hall–Kier alpha value is -3.99. The van der Waals surface area contributed by atoms with Crippen molar-refractivity contribution in [3.8, 4) is 23.3 Å². The van der Waals surface area contributed by atoms with Gasteiger partial charge in [0.1, 0.15) is 0 Å². The van der Waals surface area contributed by atoms with Crippen molar-refractivity contribution in [2.75, 3.05) is 26.6 Å². The van der Waals surface area contributed by atoms with E-state index in [9.17, 15) is 9.59 Å². The second-order valence-corrected chi connectivity index (χ2v) is 6.05. The molecule has 2 rings (SSSR count). The average molecular weight is 410 g/mol. The van der Waals surface area contributed by atoms with Gasteiger partial charge in [-0.15, -0.1) is 0 Å². The summed E-state index contributed by atoms with van der Waals surface area (Å²) in [5.41, 5.74) is 1.47. The number of benzene rings is 2. The second kappa shape index (κ2) is 10.5. The zero-order chi connectivity index (χ0) is 22.1. The Bertz CT molecular complexity index is 968. The fourth-order valence-electron chi connectivity index (χ4n) is 2.54. The highest BCUT2D eigenvalue weighted by molar-refractivity contribution is 5.96. The van der Waals surface area contributed by atoms with Gasteiger partial charge in [-0.3, -0.25) is 4.79 Å². The van der Waals surface area contributed by atoms with Crippen molar-refractivity contribution >= 4 is 23.6 Å². The van der Waals surface area contributed by atoms with Gasteiger partial charge in [-0.2, -0.15) is 5.26 Å². The van der Waals surface area contributed by atoms with Crippen molar-refractivity contribution in [3.05, 3.63) is 53.6 Å². The van der Waals surface area contributed by atoms with Gasteiger partial charge in [0, 0.05) is 11.8 Å². The van der Waals surface area contributed by atoms with E-state index < -0.39 is 18.0 Å². The van der Waals surface area contributed by atoms with E-state index in [1.807, 2.05) is 6.07 Å². The van der Waals surface area contributed by atoms with Crippen LogP contribution >= 0.6 is 0 Å². The number of methoxy groups -OCH3 is 3. The van der Waals surface area contributed by atoms with E-state index in [2.05, 4.69) is 5.32 Å². The number of amides is 1. The number of anilines is 1. The molecule has 1 atom stereocenters. The summed E-state index contributed by atoms with van der Waals surface area (Å²) < 4.78 is 20.9. The number of rotatable bonds is 8. The minimum absolute atomic E-state index is 0.408. The van der Waals surface area contributed by atoms with Gasteiger partial charge in [0.15, 0.2) is 17.6 Å². The first kappa shape index (κ1) is 22.3. The number of carbonyl (C=O) groups excluding carboxylic acids is 2. The Morgan fingerprint density at radius 2 is 1.73 bits per heavy atom. The summed E-state index contributed by atoms with van der Waals surface area (Å²) in [6.45, 7) is 1.45. The number of esters is 1. The first-order valence-corrected chi connectivity index (χ1v) is 8.91. The van der Waals surface area contributed by atoms with Crippen molar-refractivity contribution < 1.29 is 28.5 Å². The fraction of sp³-hybridized carbons (Fsp3) is 0.227. The molecule has 8 nitrogen and oxygen atoms in total. The number of hydrogen-bond acceptors (Lipinski definition) is 7. The third-order valence-electron chi connectivity index (χ3n) is 4.02. The van der Waals surface area contributed by atoms with Crippen LogP contribution in [0.15, 0.2) is 42.5 Å². The minimum Gasteiger partial charge on any atom is -0.493 e. The molecule has 2 aromatic rings. The summed E-state index contributed by atoms with van der Waals surface area (Å²) >= 11 is 0. The second-order valence-electron chi connectivity index (χ2n) is 6.05. The Balaban J connectivity index is 2.03. The van der Waals surface area contributed by atoms with E-state index in [1.54, 1.807) is 30.3 Å². The Kier molecular flexibility index (Phi) is 7.82. The van der Waals surface area contributed by atoms with E-state index in [0.717, 1.165) is 0 Å². The molecule has 0 bridgehead atoms. The molecule has 30 heavy (non-hydrogen) atoms. The Morgan fingerprint density at radius 3 is 2.30 bits per heavy atom. The molecule has 0 radical (unpaired) electrons. The third kappa shape index (κ3) is 5.75. The molecule has 8 heteroatoms. The van der Waals surface area contributed by atoms with Crippen molar-refractivity contribution in [1.82, 2.24) is 0 Å². The molecule has 0 aliphatic carbocycles. The standard InChI is InChI=1S/C22H22N2O6/c1-14(22(26)24-17-7-5-6-16(10-17)13-23)30-20(25)9-8-15-11-18(27-2)21(29-4)19(12-15)28-3/h5-12,14H,1-4H3,(H,24,26)/b9-8+/t14-/m0/s1. The monoisotopic (exact) mass is 410 g/mol. The smallest absolute Gasteiger partial charge is 0.331 e. The molecule has 0 unspecified atom stereocenters. The first-order chi connectivity index (χ1) is 14.4. The van der Waals surface area contributed by atoms with Crippen molar-refractivity contribution in [2.45, 2.75) is 13.0 Å². The van der Waals surface area contributed by atoms with Crippen LogP contribution in [0.3, 0.4) is 0 Å².